The molecule has 3 aromatic carbocycles. The van der Waals surface area contributed by atoms with Gasteiger partial charge < -0.3 is 0 Å². The molecular formula is C20H17N. The van der Waals surface area contributed by atoms with E-state index in [1.165, 1.54) is 16.3 Å². The zero-order chi connectivity index (χ0) is 14.7. The van der Waals surface area contributed by atoms with Crippen molar-refractivity contribution in [2.45, 2.75) is 18.8 Å². The van der Waals surface area contributed by atoms with Gasteiger partial charge in [-0.1, -0.05) is 72.8 Å². The maximum absolute atomic E-state index is 9.72. The minimum absolute atomic E-state index is 0.509. The lowest BCUT2D eigenvalue weighted by atomic mass is 9.78. The monoisotopic (exact) mass is 271 g/mol. The number of hydrogen-bond acceptors (Lipinski definition) is 1. The van der Waals surface area contributed by atoms with E-state index in [4.69, 9.17) is 0 Å². The van der Waals surface area contributed by atoms with Crippen molar-refractivity contribution in [1.29, 1.82) is 5.26 Å². The van der Waals surface area contributed by atoms with Gasteiger partial charge in [-0.15, -0.1) is 0 Å². The molecular weight excluding hydrogens is 254 g/mol. The Morgan fingerprint density at radius 1 is 0.857 bits per heavy atom. The SMILES string of the molecule is CC(C#N)(Cc1cccc2ccccc12)c1ccccc1. The van der Waals surface area contributed by atoms with Gasteiger partial charge >= 0.3 is 0 Å². The van der Waals surface area contributed by atoms with Crippen LogP contribution in [0.1, 0.15) is 18.1 Å². The molecule has 0 N–H and O–H groups in total. The molecule has 0 aliphatic rings. The number of nitriles is 1. The van der Waals surface area contributed by atoms with Crippen molar-refractivity contribution in [1.82, 2.24) is 0 Å². The molecule has 0 aliphatic heterocycles. The Morgan fingerprint density at radius 3 is 2.29 bits per heavy atom. The first-order valence-corrected chi connectivity index (χ1v) is 7.16. The second-order valence-corrected chi connectivity index (χ2v) is 5.62. The molecule has 0 amide bonds. The predicted molar refractivity (Wildman–Crippen MR) is 87.1 cm³/mol. The van der Waals surface area contributed by atoms with Gasteiger partial charge in [0, 0.05) is 0 Å². The van der Waals surface area contributed by atoms with Crippen molar-refractivity contribution in [3.05, 3.63) is 83.9 Å². The number of nitrogens with zero attached hydrogens (tertiary/aromatic N) is 1. The normalized spacial score (nSPS) is 13.5. The summed E-state index contributed by atoms with van der Waals surface area (Å²) >= 11 is 0. The average molecular weight is 271 g/mol. The summed E-state index contributed by atoms with van der Waals surface area (Å²) in [4.78, 5) is 0. The topological polar surface area (TPSA) is 23.8 Å². The molecule has 102 valence electrons. The standard InChI is InChI=1S/C20H17N/c1-20(15-21,18-11-3-2-4-12-18)14-17-10-7-9-16-8-5-6-13-19(16)17/h2-13H,14H2,1H3. The molecule has 0 aromatic heterocycles. The van der Waals surface area contributed by atoms with Crippen LogP contribution in [-0.4, -0.2) is 0 Å². The highest BCUT2D eigenvalue weighted by Gasteiger charge is 2.27. The third-order valence-corrected chi connectivity index (χ3v) is 4.08. The molecule has 1 heteroatoms. The van der Waals surface area contributed by atoms with Gasteiger partial charge in [0.2, 0.25) is 0 Å². The second kappa shape index (κ2) is 5.42. The van der Waals surface area contributed by atoms with Crippen molar-refractivity contribution < 1.29 is 0 Å². The number of benzene rings is 3. The minimum Gasteiger partial charge on any atom is -0.197 e. The van der Waals surface area contributed by atoms with Gasteiger partial charge in [-0.2, -0.15) is 5.26 Å². The summed E-state index contributed by atoms with van der Waals surface area (Å²) in [5.41, 5.74) is 1.78. The van der Waals surface area contributed by atoms with Gasteiger partial charge in [-0.3, -0.25) is 0 Å². The van der Waals surface area contributed by atoms with E-state index < -0.39 is 5.41 Å². The number of fused-ring (bicyclic) bond motifs is 1. The van der Waals surface area contributed by atoms with Crippen LogP contribution < -0.4 is 0 Å². The van der Waals surface area contributed by atoms with Gasteiger partial charge in [-0.05, 0) is 35.2 Å². The molecule has 21 heavy (non-hydrogen) atoms. The van der Waals surface area contributed by atoms with Crippen molar-refractivity contribution in [3.8, 4) is 6.07 Å². The van der Waals surface area contributed by atoms with E-state index in [0.29, 0.717) is 0 Å². The molecule has 0 heterocycles. The Kier molecular flexibility index (Phi) is 3.46. The summed E-state index contributed by atoms with van der Waals surface area (Å²) in [6.07, 6.45) is 0.717. The van der Waals surface area contributed by atoms with Gasteiger partial charge in [0.15, 0.2) is 0 Å². The van der Waals surface area contributed by atoms with Crippen LogP contribution >= 0.6 is 0 Å². The van der Waals surface area contributed by atoms with Crippen LogP contribution in [0.15, 0.2) is 72.8 Å². The molecule has 3 rings (SSSR count). The van der Waals surface area contributed by atoms with Crippen LogP contribution in [0.5, 0.6) is 0 Å². The van der Waals surface area contributed by atoms with Crippen LogP contribution in [0.25, 0.3) is 10.8 Å². The van der Waals surface area contributed by atoms with E-state index in [9.17, 15) is 5.26 Å². The van der Waals surface area contributed by atoms with Crippen molar-refractivity contribution in [3.63, 3.8) is 0 Å². The van der Waals surface area contributed by atoms with Crippen LogP contribution in [0.2, 0.25) is 0 Å². The van der Waals surface area contributed by atoms with Gasteiger partial charge in [-0.25, -0.2) is 0 Å². The largest absolute Gasteiger partial charge is 0.197 e. The van der Waals surface area contributed by atoms with Crippen LogP contribution in [0.3, 0.4) is 0 Å². The Bertz CT molecular complexity index is 793. The summed E-state index contributed by atoms with van der Waals surface area (Å²) < 4.78 is 0. The van der Waals surface area contributed by atoms with E-state index in [-0.39, 0.29) is 0 Å². The highest BCUT2D eigenvalue weighted by Crippen LogP contribution is 2.30. The first kappa shape index (κ1) is 13.4. The van der Waals surface area contributed by atoms with E-state index in [0.717, 1.165) is 12.0 Å². The Hall–Kier alpha value is -2.59. The molecule has 0 saturated carbocycles. The predicted octanol–water partition coefficient (Wildman–Crippen LogP) is 4.86. The third kappa shape index (κ3) is 2.53. The summed E-state index contributed by atoms with van der Waals surface area (Å²) in [5, 5.41) is 12.2. The van der Waals surface area contributed by atoms with Crippen LogP contribution in [0.4, 0.5) is 0 Å². The summed E-state index contributed by atoms with van der Waals surface area (Å²) in [6.45, 7) is 2.02. The lowest BCUT2D eigenvalue weighted by Gasteiger charge is -2.23. The van der Waals surface area contributed by atoms with Gasteiger partial charge in [0.05, 0.1) is 11.5 Å². The molecule has 3 aromatic rings. The van der Waals surface area contributed by atoms with Crippen LogP contribution in [-0.2, 0) is 11.8 Å². The molecule has 0 radical (unpaired) electrons. The molecule has 1 unspecified atom stereocenters. The highest BCUT2D eigenvalue weighted by molar-refractivity contribution is 5.85. The van der Waals surface area contributed by atoms with Gasteiger partial charge in [0.25, 0.3) is 0 Å². The smallest absolute Gasteiger partial charge is 0.0834 e. The molecule has 0 bridgehead atoms. The molecule has 1 nitrogen and oxygen atoms in total. The fraction of sp³-hybridized carbons (Fsp3) is 0.150. The van der Waals surface area contributed by atoms with E-state index in [1.54, 1.807) is 0 Å². The molecule has 0 fully saturated rings. The minimum atomic E-state index is -0.509. The van der Waals surface area contributed by atoms with Crippen molar-refractivity contribution in [2.75, 3.05) is 0 Å². The molecule has 0 aliphatic carbocycles. The Balaban J connectivity index is 2.07. The van der Waals surface area contributed by atoms with Crippen molar-refractivity contribution >= 4 is 10.8 Å². The zero-order valence-electron chi connectivity index (χ0n) is 12.1. The zero-order valence-corrected chi connectivity index (χ0v) is 12.1. The lowest BCUT2D eigenvalue weighted by molar-refractivity contribution is 0.609. The van der Waals surface area contributed by atoms with E-state index in [2.05, 4.69) is 42.5 Å². The number of rotatable bonds is 3. The quantitative estimate of drug-likeness (QED) is 0.667. The molecule has 0 spiro atoms. The van der Waals surface area contributed by atoms with E-state index in [1.807, 2.05) is 43.3 Å². The van der Waals surface area contributed by atoms with Gasteiger partial charge in [0.1, 0.15) is 0 Å². The maximum Gasteiger partial charge on any atom is 0.0834 e. The summed E-state index contributed by atoms with van der Waals surface area (Å²) in [5.74, 6) is 0. The highest BCUT2D eigenvalue weighted by atomic mass is 14.4. The fourth-order valence-corrected chi connectivity index (χ4v) is 2.84. The Labute approximate surface area is 125 Å². The molecule has 0 saturated heterocycles. The van der Waals surface area contributed by atoms with Crippen molar-refractivity contribution in [2.24, 2.45) is 0 Å². The molecule has 1 atom stereocenters. The average Bonchev–Trinajstić information content (AvgIpc) is 2.56. The Morgan fingerprint density at radius 2 is 1.52 bits per heavy atom. The first-order valence-electron chi connectivity index (χ1n) is 7.16. The van der Waals surface area contributed by atoms with Crippen LogP contribution in [0, 0.1) is 11.3 Å². The third-order valence-electron chi connectivity index (χ3n) is 4.08. The summed E-state index contributed by atoms with van der Waals surface area (Å²) in [7, 11) is 0. The first-order chi connectivity index (χ1) is 10.2. The number of hydrogen-bond donors (Lipinski definition) is 0. The lowest BCUT2D eigenvalue weighted by Crippen LogP contribution is -2.22. The second-order valence-electron chi connectivity index (χ2n) is 5.62. The fourth-order valence-electron chi connectivity index (χ4n) is 2.84. The maximum atomic E-state index is 9.72. The summed E-state index contributed by atoms with van der Waals surface area (Å²) in [6, 6.07) is 27.2. The van der Waals surface area contributed by atoms with E-state index >= 15 is 0 Å².